The molecule has 4 nitrogen and oxygen atoms in total. The van der Waals surface area contributed by atoms with Gasteiger partial charge < -0.3 is 14.2 Å². The number of carbonyl (C=O) groups is 1. The van der Waals surface area contributed by atoms with E-state index in [9.17, 15) is 4.79 Å². The van der Waals surface area contributed by atoms with E-state index in [0.29, 0.717) is 11.3 Å². The van der Waals surface area contributed by atoms with Crippen molar-refractivity contribution in [1.82, 2.24) is 0 Å². The van der Waals surface area contributed by atoms with Gasteiger partial charge in [-0.1, -0.05) is 0 Å². The van der Waals surface area contributed by atoms with Crippen molar-refractivity contribution in [3.05, 3.63) is 59.2 Å². The number of methoxy groups -OCH3 is 3. The van der Waals surface area contributed by atoms with E-state index >= 15 is 0 Å². The van der Waals surface area contributed by atoms with Gasteiger partial charge >= 0.3 is 0 Å². The van der Waals surface area contributed by atoms with Crippen LogP contribution >= 0.6 is 0 Å². The summed E-state index contributed by atoms with van der Waals surface area (Å²) >= 11 is 0. The third kappa shape index (κ3) is 3.92. The third-order valence-electron chi connectivity index (χ3n) is 3.54. The Bertz CT molecular complexity index is 715. The molecule has 0 saturated heterocycles. The standard InChI is InChI=1S/C19H20O4/c1-13-11-15(19(23-4)12-18(13)22-3)7-10-17(20)14-5-8-16(21-2)9-6-14/h5-12H,1-4H3/b10-7+. The Kier molecular flexibility index (Phi) is 5.41. The molecule has 0 bridgehead atoms. The number of ketones is 1. The highest BCUT2D eigenvalue weighted by Crippen LogP contribution is 2.29. The Labute approximate surface area is 136 Å². The average Bonchev–Trinajstić information content (AvgIpc) is 2.59. The molecule has 0 unspecified atom stereocenters. The monoisotopic (exact) mass is 312 g/mol. The summed E-state index contributed by atoms with van der Waals surface area (Å²) < 4.78 is 15.7. The van der Waals surface area contributed by atoms with E-state index in [1.165, 1.54) is 6.08 Å². The molecular formula is C19H20O4. The van der Waals surface area contributed by atoms with E-state index < -0.39 is 0 Å². The minimum absolute atomic E-state index is 0.0804. The second kappa shape index (κ2) is 7.49. The first-order valence-electron chi connectivity index (χ1n) is 7.18. The van der Waals surface area contributed by atoms with E-state index in [0.717, 1.165) is 22.6 Å². The second-order valence-electron chi connectivity index (χ2n) is 4.99. The largest absolute Gasteiger partial charge is 0.497 e. The lowest BCUT2D eigenvalue weighted by atomic mass is 10.1. The quantitative estimate of drug-likeness (QED) is 0.599. The van der Waals surface area contributed by atoms with E-state index in [4.69, 9.17) is 14.2 Å². The van der Waals surface area contributed by atoms with Crippen LogP contribution in [-0.2, 0) is 0 Å². The molecule has 23 heavy (non-hydrogen) atoms. The number of rotatable bonds is 6. The molecule has 0 radical (unpaired) electrons. The predicted molar refractivity (Wildman–Crippen MR) is 90.6 cm³/mol. The van der Waals surface area contributed by atoms with Gasteiger partial charge in [-0.05, 0) is 55.0 Å². The van der Waals surface area contributed by atoms with Crippen molar-refractivity contribution in [1.29, 1.82) is 0 Å². The van der Waals surface area contributed by atoms with Crippen LogP contribution in [0, 0.1) is 6.92 Å². The van der Waals surface area contributed by atoms with Crippen molar-refractivity contribution >= 4 is 11.9 Å². The molecule has 2 aromatic carbocycles. The molecule has 4 heteroatoms. The van der Waals surface area contributed by atoms with Crippen LogP contribution in [0.15, 0.2) is 42.5 Å². The van der Waals surface area contributed by atoms with Crippen LogP contribution in [0.3, 0.4) is 0 Å². The molecular weight excluding hydrogens is 292 g/mol. The number of aryl methyl sites for hydroxylation is 1. The first kappa shape index (κ1) is 16.6. The maximum atomic E-state index is 12.2. The Morgan fingerprint density at radius 2 is 1.57 bits per heavy atom. The number of hydrogen-bond donors (Lipinski definition) is 0. The number of ether oxygens (including phenoxy) is 3. The fraction of sp³-hybridized carbons (Fsp3) is 0.211. The highest BCUT2D eigenvalue weighted by atomic mass is 16.5. The zero-order valence-corrected chi connectivity index (χ0v) is 13.8. The van der Waals surface area contributed by atoms with Gasteiger partial charge in [0.2, 0.25) is 0 Å². The Morgan fingerprint density at radius 1 is 0.913 bits per heavy atom. The maximum Gasteiger partial charge on any atom is 0.185 e. The number of hydrogen-bond acceptors (Lipinski definition) is 4. The molecule has 0 spiro atoms. The fourth-order valence-electron chi connectivity index (χ4n) is 2.24. The van der Waals surface area contributed by atoms with Crippen LogP contribution in [-0.4, -0.2) is 27.1 Å². The van der Waals surface area contributed by atoms with Crippen molar-refractivity contribution in [2.75, 3.05) is 21.3 Å². The van der Waals surface area contributed by atoms with E-state index in [1.54, 1.807) is 51.7 Å². The van der Waals surface area contributed by atoms with Crippen LogP contribution in [0.2, 0.25) is 0 Å². The fourth-order valence-corrected chi connectivity index (χ4v) is 2.24. The van der Waals surface area contributed by atoms with Crippen LogP contribution < -0.4 is 14.2 Å². The first-order valence-corrected chi connectivity index (χ1v) is 7.18. The highest BCUT2D eigenvalue weighted by molar-refractivity contribution is 6.07. The average molecular weight is 312 g/mol. The first-order chi connectivity index (χ1) is 11.1. The Balaban J connectivity index is 2.24. The Hall–Kier alpha value is -2.75. The van der Waals surface area contributed by atoms with Crippen molar-refractivity contribution in [3.63, 3.8) is 0 Å². The van der Waals surface area contributed by atoms with Gasteiger partial charge in [0.15, 0.2) is 5.78 Å². The van der Waals surface area contributed by atoms with Crippen molar-refractivity contribution in [2.24, 2.45) is 0 Å². The summed E-state index contributed by atoms with van der Waals surface area (Å²) in [5.74, 6) is 2.05. The molecule has 0 amide bonds. The maximum absolute atomic E-state index is 12.2. The van der Waals surface area contributed by atoms with Gasteiger partial charge in [0.1, 0.15) is 17.2 Å². The van der Waals surface area contributed by atoms with Gasteiger partial charge in [-0.15, -0.1) is 0 Å². The normalized spacial score (nSPS) is 10.6. The topological polar surface area (TPSA) is 44.8 Å². The predicted octanol–water partition coefficient (Wildman–Crippen LogP) is 3.92. The van der Waals surface area contributed by atoms with Crippen LogP contribution in [0.25, 0.3) is 6.08 Å². The molecule has 0 aromatic heterocycles. The summed E-state index contributed by atoms with van der Waals surface area (Å²) in [5, 5.41) is 0. The minimum atomic E-state index is -0.0804. The van der Waals surface area contributed by atoms with Gasteiger partial charge in [-0.3, -0.25) is 4.79 Å². The zero-order chi connectivity index (χ0) is 16.8. The molecule has 0 atom stereocenters. The van der Waals surface area contributed by atoms with E-state index in [2.05, 4.69) is 0 Å². The van der Waals surface area contributed by atoms with Crippen LogP contribution in [0.5, 0.6) is 17.2 Å². The summed E-state index contributed by atoms with van der Waals surface area (Å²) in [6.07, 6.45) is 3.28. The highest BCUT2D eigenvalue weighted by Gasteiger charge is 2.07. The molecule has 0 fully saturated rings. The summed E-state index contributed by atoms with van der Waals surface area (Å²) in [7, 11) is 4.80. The van der Waals surface area contributed by atoms with Gasteiger partial charge in [0, 0.05) is 17.2 Å². The lowest BCUT2D eigenvalue weighted by molar-refractivity contribution is 0.104. The lowest BCUT2D eigenvalue weighted by Crippen LogP contribution is -1.96. The van der Waals surface area contributed by atoms with E-state index in [-0.39, 0.29) is 5.78 Å². The Morgan fingerprint density at radius 3 is 2.13 bits per heavy atom. The van der Waals surface area contributed by atoms with Crippen molar-refractivity contribution in [3.8, 4) is 17.2 Å². The number of allylic oxidation sites excluding steroid dienone is 1. The second-order valence-corrected chi connectivity index (χ2v) is 4.99. The molecule has 0 aliphatic carbocycles. The molecule has 120 valence electrons. The molecule has 2 aromatic rings. The summed E-state index contributed by atoms with van der Waals surface area (Å²) in [5.41, 5.74) is 2.41. The molecule has 0 N–H and O–H groups in total. The molecule has 0 aliphatic rings. The van der Waals surface area contributed by atoms with Gasteiger partial charge in [0.05, 0.1) is 21.3 Å². The molecule has 0 saturated carbocycles. The van der Waals surface area contributed by atoms with Crippen molar-refractivity contribution in [2.45, 2.75) is 6.92 Å². The number of benzene rings is 2. The van der Waals surface area contributed by atoms with Crippen molar-refractivity contribution < 1.29 is 19.0 Å². The summed E-state index contributed by atoms with van der Waals surface area (Å²) in [4.78, 5) is 12.2. The van der Waals surface area contributed by atoms with Crippen LogP contribution in [0.1, 0.15) is 21.5 Å². The number of carbonyl (C=O) groups excluding carboxylic acids is 1. The molecule has 0 heterocycles. The van der Waals surface area contributed by atoms with Gasteiger partial charge in [-0.25, -0.2) is 0 Å². The molecule has 2 rings (SSSR count). The zero-order valence-electron chi connectivity index (χ0n) is 13.8. The van der Waals surface area contributed by atoms with Crippen LogP contribution in [0.4, 0.5) is 0 Å². The summed E-state index contributed by atoms with van der Waals surface area (Å²) in [6.45, 7) is 1.95. The lowest BCUT2D eigenvalue weighted by Gasteiger charge is -2.10. The molecule has 0 aliphatic heterocycles. The van der Waals surface area contributed by atoms with Gasteiger partial charge in [-0.2, -0.15) is 0 Å². The third-order valence-corrected chi connectivity index (χ3v) is 3.54. The van der Waals surface area contributed by atoms with Gasteiger partial charge in [0.25, 0.3) is 0 Å². The smallest absolute Gasteiger partial charge is 0.185 e. The minimum Gasteiger partial charge on any atom is -0.497 e. The van der Waals surface area contributed by atoms with E-state index in [1.807, 2.05) is 19.1 Å². The SMILES string of the molecule is COc1ccc(C(=O)/C=C/c2cc(C)c(OC)cc2OC)cc1. The summed E-state index contributed by atoms with van der Waals surface area (Å²) in [6, 6.07) is 10.7.